The quantitative estimate of drug-likeness (QED) is 0.209. The predicted molar refractivity (Wildman–Crippen MR) is 147 cm³/mol. The van der Waals surface area contributed by atoms with Crippen LogP contribution >= 0.6 is 0 Å². The third kappa shape index (κ3) is 6.98. The lowest BCUT2D eigenvalue weighted by atomic mass is 10.0. The van der Waals surface area contributed by atoms with Crippen LogP contribution in [-0.4, -0.2) is 28.4 Å². The number of hydrogen-bond acceptors (Lipinski definition) is 5. The van der Waals surface area contributed by atoms with E-state index in [2.05, 4.69) is 36.4 Å². The summed E-state index contributed by atoms with van der Waals surface area (Å²) >= 11 is 0. The maximum absolute atomic E-state index is 6.31. The second kappa shape index (κ2) is 12.7. The molecule has 5 heteroatoms. The zero-order valence-corrected chi connectivity index (χ0v) is 22.0. The third-order valence-corrected chi connectivity index (χ3v) is 6.34. The van der Waals surface area contributed by atoms with E-state index in [1.165, 1.54) is 16.7 Å². The van der Waals surface area contributed by atoms with Crippen molar-refractivity contribution >= 4 is 0 Å². The second-order valence-corrected chi connectivity index (χ2v) is 8.78. The molecule has 0 saturated heterocycles. The van der Waals surface area contributed by atoms with Gasteiger partial charge in [-0.25, -0.2) is 0 Å². The highest BCUT2D eigenvalue weighted by Gasteiger charge is 2.16. The zero-order chi connectivity index (χ0) is 26.0. The van der Waals surface area contributed by atoms with Crippen LogP contribution in [0.1, 0.15) is 22.3 Å². The molecular formula is C32H34O5. The van der Waals surface area contributed by atoms with Crippen molar-refractivity contribution in [2.45, 2.75) is 25.7 Å². The molecule has 0 spiro atoms. The van der Waals surface area contributed by atoms with Crippen molar-refractivity contribution in [3.8, 4) is 34.5 Å². The number of hydrogen-bond donors (Lipinski definition) is 0. The van der Waals surface area contributed by atoms with Gasteiger partial charge in [-0.1, -0.05) is 36.4 Å². The van der Waals surface area contributed by atoms with Gasteiger partial charge in [0.15, 0.2) is 11.5 Å². The predicted octanol–water partition coefficient (Wildman–Crippen LogP) is 7.08. The van der Waals surface area contributed by atoms with Crippen LogP contribution in [0.3, 0.4) is 0 Å². The van der Waals surface area contributed by atoms with Gasteiger partial charge in [0.25, 0.3) is 0 Å². The van der Waals surface area contributed by atoms with Crippen LogP contribution in [-0.2, 0) is 25.7 Å². The van der Waals surface area contributed by atoms with Crippen molar-refractivity contribution in [1.82, 2.24) is 0 Å². The summed E-state index contributed by atoms with van der Waals surface area (Å²) in [7, 11) is 6.67. The summed E-state index contributed by atoms with van der Waals surface area (Å²) in [5, 5.41) is 0. The lowest BCUT2D eigenvalue weighted by Crippen LogP contribution is -1.99. The third-order valence-electron chi connectivity index (χ3n) is 6.34. The molecular weight excluding hydrogens is 464 g/mol. The summed E-state index contributed by atoms with van der Waals surface area (Å²) in [5.74, 6) is 4.33. The van der Waals surface area contributed by atoms with Crippen molar-refractivity contribution in [3.05, 3.63) is 107 Å². The average molecular weight is 499 g/mol. The van der Waals surface area contributed by atoms with Gasteiger partial charge in [0, 0.05) is 0 Å². The molecule has 4 aromatic carbocycles. The molecule has 5 nitrogen and oxygen atoms in total. The molecule has 4 aromatic rings. The molecule has 37 heavy (non-hydrogen) atoms. The topological polar surface area (TPSA) is 46.2 Å². The Kier molecular flexibility index (Phi) is 8.93. The highest BCUT2D eigenvalue weighted by Crippen LogP contribution is 2.41. The highest BCUT2D eigenvalue weighted by atomic mass is 16.5. The average Bonchev–Trinajstić information content (AvgIpc) is 2.95. The normalized spacial score (nSPS) is 10.6. The number of aryl methyl sites for hydroxylation is 4. The molecule has 192 valence electrons. The van der Waals surface area contributed by atoms with Gasteiger partial charge in [0.1, 0.15) is 17.2 Å². The van der Waals surface area contributed by atoms with Crippen LogP contribution in [0.15, 0.2) is 84.9 Å². The molecule has 0 fully saturated rings. The van der Waals surface area contributed by atoms with Crippen LogP contribution in [0.4, 0.5) is 0 Å². The number of benzene rings is 4. The van der Waals surface area contributed by atoms with Gasteiger partial charge in [0.2, 0.25) is 5.75 Å². The van der Waals surface area contributed by atoms with Crippen molar-refractivity contribution in [2.75, 3.05) is 28.4 Å². The fourth-order valence-corrected chi connectivity index (χ4v) is 4.26. The maximum atomic E-state index is 6.31. The smallest absolute Gasteiger partial charge is 0.211 e. The Balaban J connectivity index is 1.47. The van der Waals surface area contributed by atoms with Crippen molar-refractivity contribution in [1.29, 1.82) is 0 Å². The summed E-state index contributed by atoms with van der Waals surface area (Å²) in [4.78, 5) is 0. The Morgan fingerprint density at radius 3 is 1.51 bits per heavy atom. The summed E-state index contributed by atoms with van der Waals surface area (Å²) in [6.07, 6.45) is 3.55. The Bertz CT molecular complexity index is 1270. The first kappa shape index (κ1) is 26.0. The second-order valence-electron chi connectivity index (χ2n) is 8.78. The largest absolute Gasteiger partial charge is 0.497 e. The molecule has 0 aliphatic rings. The van der Waals surface area contributed by atoms with E-state index in [-0.39, 0.29) is 0 Å². The van der Waals surface area contributed by atoms with Crippen LogP contribution in [0.5, 0.6) is 34.5 Å². The minimum Gasteiger partial charge on any atom is -0.497 e. The summed E-state index contributed by atoms with van der Waals surface area (Å²) in [6.45, 7) is 0. The van der Waals surface area contributed by atoms with E-state index in [0.717, 1.165) is 48.5 Å². The minimum absolute atomic E-state index is 0.572. The molecule has 0 aliphatic heterocycles. The molecule has 0 aliphatic carbocycles. The van der Waals surface area contributed by atoms with E-state index in [1.54, 1.807) is 28.4 Å². The first-order valence-electron chi connectivity index (χ1n) is 12.4. The Labute approximate surface area is 219 Å². The standard InChI is InChI=1S/C32H34O5/c1-33-27-17-15-23(16-18-27)11-12-25-8-6-10-29(20-25)37-32-30(35-3)21-26(22-31(32)36-4)14-13-24-7-5-9-28(19-24)34-2/h5-10,15-22H,11-14H2,1-4H3. The first-order valence-corrected chi connectivity index (χ1v) is 12.4. The SMILES string of the molecule is COc1ccc(CCc2cccc(Oc3c(OC)cc(CCc4cccc(OC)c4)cc3OC)c2)cc1. The molecule has 0 unspecified atom stereocenters. The summed E-state index contributed by atoms with van der Waals surface area (Å²) < 4.78 is 28.3. The fraction of sp³-hybridized carbons (Fsp3) is 0.250. The van der Waals surface area contributed by atoms with Gasteiger partial charge in [-0.3, -0.25) is 0 Å². The highest BCUT2D eigenvalue weighted by molar-refractivity contribution is 5.56. The lowest BCUT2D eigenvalue weighted by Gasteiger charge is -2.16. The van der Waals surface area contributed by atoms with Crippen LogP contribution in [0.25, 0.3) is 0 Å². The lowest BCUT2D eigenvalue weighted by molar-refractivity contribution is 0.345. The summed E-state index contributed by atoms with van der Waals surface area (Å²) in [5.41, 5.74) is 4.78. The molecule has 0 bridgehead atoms. The van der Waals surface area contributed by atoms with Crippen molar-refractivity contribution in [3.63, 3.8) is 0 Å². The van der Waals surface area contributed by atoms with Crippen LogP contribution < -0.4 is 23.7 Å². The van der Waals surface area contributed by atoms with E-state index < -0.39 is 0 Å². The fourth-order valence-electron chi connectivity index (χ4n) is 4.26. The van der Waals surface area contributed by atoms with Crippen molar-refractivity contribution < 1.29 is 23.7 Å². The van der Waals surface area contributed by atoms with E-state index in [9.17, 15) is 0 Å². The molecule has 0 N–H and O–H groups in total. The zero-order valence-electron chi connectivity index (χ0n) is 22.0. The van der Waals surface area contributed by atoms with Gasteiger partial charge in [0.05, 0.1) is 28.4 Å². The Morgan fingerprint density at radius 2 is 0.946 bits per heavy atom. The monoisotopic (exact) mass is 498 g/mol. The Hall–Kier alpha value is -4.12. The molecule has 4 rings (SSSR count). The number of ether oxygens (including phenoxy) is 5. The first-order chi connectivity index (χ1) is 18.1. The molecule has 0 amide bonds. The molecule has 0 aromatic heterocycles. The van der Waals surface area contributed by atoms with Crippen LogP contribution in [0.2, 0.25) is 0 Å². The van der Waals surface area contributed by atoms with Crippen molar-refractivity contribution in [2.24, 2.45) is 0 Å². The summed E-state index contributed by atoms with van der Waals surface area (Å²) in [6, 6.07) is 28.5. The molecule has 0 radical (unpaired) electrons. The maximum Gasteiger partial charge on any atom is 0.211 e. The molecule has 0 atom stereocenters. The van der Waals surface area contributed by atoms with E-state index in [1.807, 2.05) is 48.5 Å². The molecule has 0 heterocycles. The van der Waals surface area contributed by atoms with Gasteiger partial charge in [-0.05, 0) is 96.5 Å². The molecule has 0 saturated carbocycles. The Morgan fingerprint density at radius 1 is 0.432 bits per heavy atom. The van der Waals surface area contributed by atoms with Gasteiger partial charge < -0.3 is 23.7 Å². The minimum atomic E-state index is 0.572. The number of methoxy groups -OCH3 is 4. The van der Waals surface area contributed by atoms with E-state index in [4.69, 9.17) is 23.7 Å². The number of rotatable bonds is 12. The van der Waals surface area contributed by atoms with Crippen LogP contribution in [0, 0.1) is 0 Å². The van der Waals surface area contributed by atoms with Gasteiger partial charge in [-0.2, -0.15) is 0 Å². The van der Waals surface area contributed by atoms with Gasteiger partial charge >= 0.3 is 0 Å². The van der Waals surface area contributed by atoms with E-state index in [0.29, 0.717) is 17.2 Å². The van der Waals surface area contributed by atoms with Gasteiger partial charge in [-0.15, -0.1) is 0 Å². The van der Waals surface area contributed by atoms with E-state index >= 15 is 0 Å².